The molecule has 0 unspecified atom stereocenters. The zero-order valence-corrected chi connectivity index (χ0v) is 13.2. The number of fused-ring (bicyclic) bond motifs is 1. The minimum Gasteiger partial charge on any atom is -0.477 e. The quantitative estimate of drug-likeness (QED) is 0.846. The Morgan fingerprint density at radius 3 is 2.71 bits per heavy atom. The fourth-order valence-corrected chi connectivity index (χ4v) is 3.14. The number of carboxylic acid groups (broad SMARTS) is 1. The van der Waals surface area contributed by atoms with Crippen molar-refractivity contribution in [2.24, 2.45) is 0 Å². The van der Waals surface area contributed by atoms with Crippen LogP contribution in [0.1, 0.15) is 29.1 Å². The highest BCUT2D eigenvalue weighted by atomic mass is 32.1. The van der Waals surface area contributed by atoms with Gasteiger partial charge in [-0.25, -0.2) is 14.8 Å². The second-order valence-corrected chi connectivity index (χ2v) is 5.59. The van der Waals surface area contributed by atoms with E-state index in [2.05, 4.69) is 28.7 Å². The Labute approximate surface area is 127 Å². The van der Waals surface area contributed by atoms with Crippen LogP contribution in [0.5, 0.6) is 5.88 Å². The van der Waals surface area contributed by atoms with Gasteiger partial charge in [0.15, 0.2) is 0 Å². The highest BCUT2D eigenvalue weighted by molar-refractivity contribution is 7.20. The lowest BCUT2D eigenvalue weighted by atomic mass is 10.2. The number of aryl methyl sites for hydroxylation is 1. The molecule has 6 nitrogen and oxygen atoms in total. The number of aromatic nitrogens is 2. The molecule has 2 rings (SSSR count). The van der Waals surface area contributed by atoms with E-state index in [-0.39, 0.29) is 0 Å². The predicted molar refractivity (Wildman–Crippen MR) is 82.4 cm³/mol. The minimum atomic E-state index is -0.940. The van der Waals surface area contributed by atoms with E-state index >= 15 is 0 Å². The third-order valence-electron chi connectivity index (χ3n) is 3.43. The van der Waals surface area contributed by atoms with Crippen molar-refractivity contribution in [2.75, 3.05) is 26.2 Å². The third kappa shape index (κ3) is 3.30. The van der Waals surface area contributed by atoms with Crippen molar-refractivity contribution in [1.29, 1.82) is 0 Å². The van der Waals surface area contributed by atoms with E-state index in [1.165, 1.54) is 6.33 Å². The molecule has 0 aromatic carbocycles. The first-order chi connectivity index (χ1) is 10.1. The van der Waals surface area contributed by atoms with Gasteiger partial charge < -0.3 is 14.7 Å². The van der Waals surface area contributed by atoms with E-state index in [1.54, 1.807) is 6.92 Å². The zero-order valence-electron chi connectivity index (χ0n) is 12.4. The maximum absolute atomic E-state index is 11.2. The first-order valence-electron chi connectivity index (χ1n) is 6.91. The number of aromatic carboxylic acids is 1. The fraction of sp³-hybridized carbons (Fsp3) is 0.500. The number of carbonyl (C=O) groups is 1. The van der Waals surface area contributed by atoms with Crippen LogP contribution in [0.2, 0.25) is 0 Å². The summed E-state index contributed by atoms with van der Waals surface area (Å²) >= 11 is 1.15. The Morgan fingerprint density at radius 1 is 1.38 bits per heavy atom. The van der Waals surface area contributed by atoms with Gasteiger partial charge in [0.25, 0.3) is 0 Å². The molecule has 0 saturated carbocycles. The van der Waals surface area contributed by atoms with Crippen molar-refractivity contribution in [1.82, 2.24) is 14.9 Å². The summed E-state index contributed by atoms with van der Waals surface area (Å²) < 4.78 is 5.75. The fourth-order valence-electron chi connectivity index (χ4n) is 2.16. The van der Waals surface area contributed by atoms with Gasteiger partial charge in [-0.05, 0) is 25.6 Å². The van der Waals surface area contributed by atoms with E-state index in [0.717, 1.165) is 31.0 Å². The monoisotopic (exact) mass is 309 g/mol. The second kappa shape index (κ2) is 6.82. The van der Waals surface area contributed by atoms with Gasteiger partial charge in [-0.3, -0.25) is 0 Å². The summed E-state index contributed by atoms with van der Waals surface area (Å²) in [7, 11) is 0. The van der Waals surface area contributed by atoms with Crippen LogP contribution in [0.25, 0.3) is 10.2 Å². The molecule has 0 spiro atoms. The van der Waals surface area contributed by atoms with Crippen LogP contribution in [-0.2, 0) is 0 Å². The normalized spacial score (nSPS) is 11.2. The standard InChI is InChI=1S/C14H19N3O3S/c1-4-17(5-2)6-7-20-12-10-9(3)11(14(18)19)21-13(10)16-8-15-12/h8H,4-7H2,1-3H3,(H,18,19). The molecule has 0 bridgehead atoms. The molecule has 1 N–H and O–H groups in total. The average molecular weight is 309 g/mol. The van der Waals surface area contributed by atoms with E-state index < -0.39 is 5.97 Å². The lowest BCUT2D eigenvalue weighted by Crippen LogP contribution is -2.28. The Hall–Kier alpha value is -1.73. The highest BCUT2D eigenvalue weighted by Gasteiger charge is 2.19. The van der Waals surface area contributed by atoms with Gasteiger partial charge in [-0.1, -0.05) is 13.8 Å². The Bertz CT molecular complexity index is 638. The number of hydrogen-bond acceptors (Lipinski definition) is 6. The number of ether oxygens (including phenoxy) is 1. The highest BCUT2D eigenvalue weighted by Crippen LogP contribution is 2.34. The number of hydrogen-bond donors (Lipinski definition) is 1. The minimum absolute atomic E-state index is 0.291. The van der Waals surface area contributed by atoms with Crippen molar-refractivity contribution in [3.05, 3.63) is 16.8 Å². The number of likely N-dealkylation sites (N-methyl/N-ethyl adjacent to an activating group) is 1. The maximum Gasteiger partial charge on any atom is 0.346 e. The molecule has 0 amide bonds. The first-order valence-corrected chi connectivity index (χ1v) is 7.72. The summed E-state index contributed by atoms with van der Waals surface area (Å²) in [6.45, 7) is 9.25. The van der Waals surface area contributed by atoms with Crippen molar-refractivity contribution < 1.29 is 14.6 Å². The van der Waals surface area contributed by atoms with E-state index in [0.29, 0.717) is 33.1 Å². The molecule has 0 aliphatic carbocycles. The molecule has 0 fully saturated rings. The van der Waals surface area contributed by atoms with E-state index in [9.17, 15) is 9.90 Å². The summed E-state index contributed by atoms with van der Waals surface area (Å²) in [5.41, 5.74) is 0.668. The molecule has 0 radical (unpaired) electrons. The summed E-state index contributed by atoms with van der Waals surface area (Å²) in [6, 6.07) is 0. The van der Waals surface area contributed by atoms with Crippen LogP contribution < -0.4 is 4.74 Å². The Kier molecular flexibility index (Phi) is 5.08. The average Bonchev–Trinajstić information content (AvgIpc) is 2.82. The van der Waals surface area contributed by atoms with Gasteiger partial charge in [0.05, 0.1) is 5.39 Å². The van der Waals surface area contributed by atoms with Crippen LogP contribution in [-0.4, -0.2) is 52.2 Å². The zero-order chi connectivity index (χ0) is 15.4. The smallest absolute Gasteiger partial charge is 0.346 e. The predicted octanol–water partition coefficient (Wildman–Crippen LogP) is 2.42. The van der Waals surface area contributed by atoms with Crippen molar-refractivity contribution in [2.45, 2.75) is 20.8 Å². The van der Waals surface area contributed by atoms with Gasteiger partial charge >= 0.3 is 5.97 Å². The van der Waals surface area contributed by atoms with Crippen LogP contribution in [0.4, 0.5) is 0 Å². The van der Waals surface area contributed by atoms with Gasteiger partial charge in [0.2, 0.25) is 5.88 Å². The van der Waals surface area contributed by atoms with Crippen LogP contribution >= 0.6 is 11.3 Å². The first kappa shape index (κ1) is 15.7. The summed E-state index contributed by atoms with van der Waals surface area (Å²) in [5, 5.41) is 9.89. The van der Waals surface area contributed by atoms with Crippen molar-refractivity contribution >= 4 is 27.5 Å². The molecular weight excluding hydrogens is 290 g/mol. The molecule has 114 valence electrons. The number of carboxylic acids is 1. The molecule has 0 atom stereocenters. The molecule has 0 aliphatic heterocycles. The van der Waals surface area contributed by atoms with Gasteiger partial charge in [0.1, 0.15) is 22.6 Å². The van der Waals surface area contributed by atoms with E-state index in [1.807, 2.05) is 0 Å². The van der Waals surface area contributed by atoms with Crippen molar-refractivity contribution in [3.8, 4) is 5.88 Å². The lowest BCUT2D eigenvalue weighted by molar-refractivity contribution is 0.0701. The summed E-state index contributed by atoms with van der Waals surface area (Å²) in [4.78, 5) is 22.7. The molecule has 21 heavy (non-hydrogen) atoms. The number of thiophene rings is 1. The molecule has 7 heteroatoms. The Morgan fingerprint density at radius 2 is 2.10 bits per heavy atom. The maximum atomic E-state index is 11.2. The van der Waals surface area contributed by atoms with Crippen LogP contribution in [0.3, 0.4) is 0 Å². The molecule has 0 saturated heterocycles. The largest absolute Gasteiger partial charge is 0.477 e. The molecule has 2 aromatic heterocycles. The number of nitrogens with zero attached hydrogens (tertiary/aromatic N) is 3. The summed E-state index contributed by atoms with van der Waals surface area (Å²) in [6.07, 6.45) is 1.41. The van der Waals surface area contributed by atoms with Gasteiger partial charge in [-0.15, -0.1) is 11.3 Å². The number of rotatable bonds is 7. The lowest BCUT2D eigenvalue weighted by Gasteiger charge is -2.17. The van der Waals surface area contributed by atoms with E-state index in [4.69, 9.17) is 4.74 Å². The topological polar surface area (TPSA) is 75.5 Å². The molecule has 0 aliphatic rings. The summed E-state index contributed by atoms with van der Waals surface area (Å²) in [5.74, 6) is -0.474. The van der Waals surface area contributed by atoms with Gasteiger partial charge in [-0.2, -0.15) is 0 Å². The third-order valence-corrected chi connectivity index (χ3v) is 4.61. The molecular formula is C14H19N3O3S. The SMILES string of the molecule is CCN(CC)CCOc1ncnc2sc(C(=O)O)c(C)c12. The Balaban J connectivity index is 2.22. The van der Waals surface area contributed by atoms with Crippen molar-refractivity contribution in [3.63, 3.8) is 0 Å². The van der Waals surface area contributed by atoms with Crippen LogP contribution in [0.15, 0.2) is 6.33 Å². The molecule has 2 aromatic rings. The molecule has 2 heterocycles. The second-order valence-electron chi connectivity index (χ2n) is 4.60. The van der Waals surface area contributed by atoms with Crippen LogP contribution in [0, 0.1) is 6.92 Å². The van der Waals surface area contributed by atoms with Gasteiger partial charge in [0, 0.05) is 6.54 Å².